The van der Waals surface area contributed by atoms with Gasteiger partial charge in [0.05, 0.1) is 6.33 Å². The Morgan fingerprint density at radius 2 is 2.12 bits per heavy atom. The molecular weight excluding hydrogens is 220 g/mol. The summed E-state index contributed by atoms with van der Waals surface area (Å²) in [7, 11) is 0. The fourth-order valence-electron chi connectivity index (χ4n) is 2.63. The molecule has 0 spiro atoms. The summed E-state index contributed by atoms with van der Waals surface area (Å²) in [6.45, 7) is 2.30. The van der Waals surface area contributed by atoms with Crippen LogP contribution in [0.5, 0.6) is 0 Å². The third-order valence-electron chi connectivity index (χ3n) is 3.60. The molecule has 0 fully saturated rings. The van der Waals surface area contributed by atoms with E-state index in [0.717, 1.165) is 0 Å². The number of imidazole rings is 1. The van der Waals surface area contributed by atoms with E-state index in [9.17, 15) is 0 Å². The quantitative estimate of drug-likeness (QED) is 0.807. The van der Waals surface area contributed by atoms with Crippen molar-refractivity contribution in [1.29, 1.82) is 0 Å². The normalized spacial score (nSPS) is 22.6. The van der Waals surface area contributed by atoms with E-state index >= 15 is 0 Å². The number of nitrogens with one attached hydrogen (secondary N) is 1. The SMILES string of the molecule is CC1(c2cnc[nH]2)CCc2ccccc21.Cl. The van der Waals surface area contributed by atoms with Crippen molar-refractivity contribution in [3.8, 4) is 0 Å². The smallest absolute Gasteiger partial charge is 0.0922 e. The van der Waals surface area contributed by atoms with Gasteiger partial charge in [-0.05, 0) is 30.9 Å². The molecule has 1 aliphatic rings. The van der Waals surface area contributed by atoms with E-state index in [1.807, 2.05) is 6.20 Å². The zero-order chi connectivity index (χ0) is 10.3. The number of rotatable bonds is 1. The topological polar surface area (TPSA) is 28.7 Å². The average Bonchev–Trinajstić information content (AvgIpc) is 2.88. The molecule has 1 aromatic carbocycles. The van der Waals surface area contributed by atoms with Crippen LogP contribution in [0, 0.1) is 0 Å². The number of aromatic nitrogens is 2. The number of hydrogen-bond donors (Lipinski definition) is 1. The van der Waals surface area contributed by atoms with Gasteiger partial charge in [-0.3, -0.25) is 0 Å². The Hall–Kier alpha value is -1.28. The maximum Gasteiger partial charge on any atom is 0.0922 e. The van der Waals surface area contributed by atoms with Gasteiger partial charge in [-0.25, -0.2) is 4.98 Å². The highest BCUT2D eigenvalue weighted by Gasteiger charge is 2.36. The molecule has 1 unspecified atom stereocenters. The number of halogens is 1. The molecule has 0 bridgehead atoms. The molecule has 1 heterocycles. The Bertz CT molecular complexity index is 478. The van der Waals surface area contributed by atoms with Gasteiger partial charge in [0.1, 0.15) is 0 Å². The van der Waals surface area contributed by atoms with Crippen LogP contribution in [0.25, 0.3) is 0 Å². The zero-order valence-electron chi connectivity index (χ0n) is 9.23. The van der Waals surface area contributed by atoms with Crippen LogP contribution in [0.3, 0.4) is 0 Å². The van der Waals surface area contributed by atoms with Crippen LogP contribution in [0.2, 0.25) is 0 Å². The van der Waals surface area contributed by atoms with Gasteiger partial charge in [-0.15, -0.1) is 12.4 Å². The van der Waals surface area contributed by atoms with Gasteiger partial charge in [-0.1, -0.05) is 24.3 Å². The van der Waals surface area contributed by atoms with E-state index in [1.54, 1.807) is 6.33 Å². The van der Waals surface area contributed by atoms with Crippen molar-refractivity contribution in [2.75, 3.05) is 0 Å². The molecule has 0 aliphatic heterocycles. The van der Waals surface area contributed by atoms with Crippen molar-refractivity contribution >= 4 is 12.4 Å². The molecule has 0 saturated carbocycles. The fraction of sp³-hybridized carbons (Fsp3) is 0.308. The molecule has 1 N–H and O–H groups in total. The third-order valence-corrected chi connectivity index (χ3v) is 3.60. The van der Waals surface area contributed by atoms with Gasteiger partial charge >= 0.3 is 0 Å². The fourth-order valence-corrected chi connectivity index (χ4v) is 2.63. The van der Waals surface area contributed by atoms with Crippen LogP contribution in [-0.2, 0) is 11.8 Å². The number of aromatic amines is 1. The molecule has 16 heavy (non-hydrogen) atoms. The lowest BCUT2D eigenvalue weighted by Gasteiger charge is -2.23. The predicted molar refractivity (Wildman–Crippen MR) is 67.1 cm³/mol. The highest BCUT2D eigenvalue weighted by atomic mass is 35.5. The molecule has 1 aromatic heterocycles. The summed E-state index contributed by atoms with van der Waals surface area (Å²) in [4.78, 5) is 7.38. The van der Waals surface area contributed by atoms with Crippen molar-refractivity contribution in [2.45, 2.75) is 25.2 Å². The Morgan fingerprint density at radius 3 is 2.88 bits per heavy atom. The van der Waals surface area contributed by atoms with Gasteiger partial charge in [0.25, 0.3) is 0 Å². The van der Waals surface area contributed by atoms with Gasteiger partial charge < -0.3 is 4.98 Å². The summed E-state index contributed by atoms with van der Waals surface area (Å²) in [6, 6.07) is 8.72. The predicted octanol–water partition coefficient (Wildman–Crippen LogP) is 3.08. The van der Waals surface area contributed by atoms with Gasteiger partial charge in [-0.2, -0.15) is 0 Å². The molecule has 84 valence electrons. The molecule has 0 saturated heterocycles. The van der Waals surface area contributed by atoms with Gasteiger partial charge in [0.15, 0.2) is 0 Å². The van der Waals surface area contributed by atoms with Crippen LogP contribution >= 0.6 is 12.4 Å². The van der Waals surface area contributed by atoms with Crippen molar-refractivity contribution in [2.24, 2.45) is 0 Å². The summed E-state index contributed by atoms with van der Waals surface area (Å²) in [5.74, 6) is 0. The largest absolute Gasteiger partial charge is 0.348 e. The molecule has 0 radical (unpaired) electrons. The van der Waals surface area contributed by atoms with Crippen LogP contribution in [-0.4, -0.2) is 9.97 Å². The first-order valence-electron chi connectivity index (χ1n) is 5.38. The Balaban J connectivity index is 0.000000963. The Kier molecular flexibility index (Phi) is 2.76. The number of fused-ring (bicyclic) bond motifs is 1. The van der Waals surface area contributed by atoms with Crippen LogP contribution in [0.4, 0.5) is 0 Å². The molecule has 1 atom stereocenters. The van der Waals surface area contributed by atoms with E-state index in [1.165, 1.54) is 29.7 Å². The lowest BCUT2D eigenvalue weighted by atomic mass is 9.81. The van der Waals surface area contributed by atoms with Gasteiger partial charge in [0, 0.05) is 17.3 Å². The average molecular weight is 235 g/mol. The maximum atomic E-state index is 4.13. The van der Waals surface area contributed by atoms with E-state index in [0.29, 0.717) is 0 Å². The molecule has 3 heteroatoms. The Labute approximate surface area is 102 Å². The second-order valence-electron chi connectivity index (χ2n) is 4.45. The van der Waals surface area contributed by atoms with Crippen LogP contribution in [0.15, 0.2) is 36.8 Å². The number of nitrogens with zero attached hydrogens (tertiary/aromatic N) is 1. The first kappa shape index (κ1) is 11.2. The molecule has 3 rings (SSSR count). The lowest BCUT2D eigenvalue weighted by Crippen LogP contribution is -2.20. The summed E-state index contributed by atoms with van der Waals surface area (Å²) in [6.07, 6.45) is 6.06. The highest BCUT2D eigenvalue weighted by molar-refractivity contribution is 5.85. The lowest BCUT2D eigenvalue weighted by molar-refractivity contribution is 0.551. The summed E-state index contributed by atoms with van der Waals surface area (Å²) in [5, 5.41) is 0. The summed E-state index contributed by atoms with van der Waals surface area (Å²) >= 11 is 0. The summed E-state index contributed by atoms with van der Waals surface area (Å²) < 4.78 is 0. The molecule has 1 aliphatic carbocycles. The number of H-pyrrole nitrogens is 1. The molecule has 2 nitrogen and oxygen atoms in total. The second-order valence-corrected chi connectivity index (χ2v) is 4.45. The van der Waals surface area contributed by atoms with Crippen LogP contribution < -0.4 is 0 Å². The zero-order valence-corrected chi connectivity index (χ0v) is 10.1. The third kappa shape index (κ3) is 1.45. The maximum absolute atomic E-state index is 4.13. The van der Waals surface area contributed by atoms with Crippen molar-refractivity contribution in [1.82, 2.24) is 9.97 Å². The molecular formula is C13H15ClN2. The Morgan fingerprint density at radius 1 is 1.31 bits per heavy atom. The second kappa shape index (κ2) is 3.95. The number of hydrogen-bond acceptors (Lipinski definition) is 1. The van der Waals surface area contributed by atoms with Crippen molar-refractivity contribution < 1.29 is 0 Å². The first-order valence-corrected chi connectivity index (χ1v) is 5.38. The first-order chi connectivity index (χ1) is 7.31. The number of aryl methyl sites for hydroxylation is 1. The monoisotopic (exact) mass is 234 g/mol. The summed E-state index contributed by atoms with van der Waals surface area (Å²) in [5.41, 5.74) is 4.30. The number of benzene rings is 1. The molecule has 0 amide bonds. The van der Waals surface area contributed by atoms with Crippen molar-refractivity contribution in [3.63, 3.8) is 0 Å². The van der Waals surface area contributed by atoms with E-state index in [2.05, 4.69) is 41.2 Å². The van der Waals surface area contributed by atoms with E-state index in [4.69, 9.17) is 0 Å². The minimum atomic E-state index is 0. The van der Waals surface area contributed by atoms with Gasteiger partial charge in [0.2, 0.25) is 0 Å². The standard InChI is InChI=1S/C13H14N2.ClH/c1-13(12-8-14-9-15-12)7-6-10-4-2-3-5-11(10)13;/h2-5,8-9H,6-7H2,1H3,(H,14,15);1H. The van der Waals surface area contributed by atoms with Crippen LogP contribution in [0.1, 0.15) is 30.2 Å². The minimum Gasteiger partial charge on any atom is -0.348 e. The molecule has 2 aromatic rings. The van der Waals surface area contributed by atoms with E-state index in [-0.39, 0.29) is 17.8 Å². The minimum absolute atomic E-state index is 0. The van der Waals surface area contributed by atoms with Crippen molar-refractivity contribution in [3.05, 3.63) is 53.6 Å². The van der Waals surface area contributed by atoms with E-state index < -0.39 is 0 Å². The highest BCUT2D eigenvalue weighted by Crippen LogP contribution is 2.42.